The summed E-state index contributed by atoms with van der Waals surface area (Å²) in [5.74, 6) is 0.987. The summed E-state index contributed by atoms with van der Waals surface area (Å²) < 4.78 is 2.04. The average Bonchev–Trinajstić information content (AvgIpc) is 3.05. The van der Waals surface area contributed by atoms with Gasteiger partial charge in [0, 0.05) is 38.6 Å². The monoisotopic (exact) mass is 304 g/mol. The zero-order valence-electron chi connectivity index (χ0n) is 13.2. The minimum atomic E-state index is -0.534. The zero-order valence-corrected chi connectivity index (χ0v) is 13.2. The number of H-pyrrole nitrogens is 1. The van der Waals surface area contributed by atoms with Crippen molar-refractivity contribution in [2.45, 2.75) is 32.2 Å². The van der Waals surface area contributed by atoms with Crippen molar-refractivity contribution < 1.29 is 5.11 Å². The van der Waals surface area contributed by atoms with Gasteiger partial charge in [-0.2, -0.15) is 5.10 Å². The summed E-state index contributed by atoms with van der Waals surface area (Å²) in [6, 6.07) is 2.04. The summed E-state index contributed by atoms with van der Waals surface area (Å²) in [7, 11) is 3.91. The third-order valence-electron chi connectivity index (χ3n) is 3.92. The third-order valence-corrected chi connectivity index (χ3v) is 3.92. The SMILES string of the molecule is CN(C)C[C@H](O)c1cc2n(n1)CCCN(Cc1ncc[nH]1)C2. The molecule has 2 aromatic rings. The van der Waals surface area contributed by atoms with Crippen LogP contribution in [-0.4, -0.2) is 61.8 Å². The molecule has 120 valence electrons. The Morgan fingerprint density at radius 2 is 2.27 bits per heavy atom. The molecule has 0 aliphatic carbocycles. The Morgan fingerprint density at radius 1 is 1.41 bits per heavy atom. The van der Waals surface area contributed by atoms with Crippen molar-refractivity contribution in [3.8, 4) is 0 Å². The van der Waals surface area contributed by atoms with Crippen molar-refractivity contribution in [2.24, 2.45) is 0 Å². The molecule has 1 aliphatic heterocycles. The Bertz CT molecular complexity index is 591. The maximum Gasteiger partial charge on any atom is 0.120 e. The van der Waals surface area contributed by atoms with Crippen LogP contribution in [0.2, 0.25) is 0 Å². The maximum atomic E-state index is 10.2. The average molecular weight is 304 g/mol. The van der Waals surface area contributed by atoms with Crippen molar-refractivity contribution in [1.29, 1.82) is 0 Å². The van der Waals surface area contributed by atoms with Crippen molar-refractivity contribution in [3.05, 3.63) is 35.7 Å². The topological polar surface area (TPSA) is 73.2 Å². The van der Waals surface area contributed by atoms with Gasteiger partial charge in [0.25, 0.3) is 0 Å². The number of hydrogen-bond acceptors (Lipinski definition) is 5. The van der Waals surface area contributed by atoms with E-state index in [4.69, 9.17) is 0 Å². The van der Waals surface area contributed by atoms with Gasteiger partial charge in [0.05, 0.1) is 17.9 Å². The zero-order chi connectivity index (χ0) is 15.5. The van der Waals surface area contributed by atoms with Gasteiger partial charge in [0.1, 0.15) is 11.9 Å². The first-order valence-electron chi connectivity index (χ1n) is 7.72. The molecule has 3 rings (SSSR count). The second-order valence-electron chi connectivity index (χ2n) is 6.16. The number of nitrogens with zero attached hydrogens (tertiary/aromatic N) is 5. The number of nitrogens with one attached hydrogen (secondary N) is 1. The second-order valence-corrected chi connectivity index (χ2v) is 6.16. The minimum Gasteiger partial charge on any atom is -0.385 e. The number of aryl methyl sites for hydroxylation is 1. The Kier molecular flexibility index (Phi) is 4.56. The van der Waals surface area contributed by atoms with Crippen LogP contribution in [-0.2, 0) is 19.6 Å². The number of likely N-dealkylation sites (N-methyl/N-ethyl adjacent to an activating group) is 1. The molecule has 1 aliphatic rings. The quantitative estimate of drug-likeness (QED) is 0.846. The number of aliphatic hydroxyl groups excluding tert-OH is 1. The number of aromatic nitrogens is 4. The summed E-state index contributed by atoms with van der Waals surface area (Å²) in [5.41, 5.74) is 1.93. The van der Waals surface area contributed by atoms with Crippen molar-refractivity contribution in [1.82, 2.24) is 29.5 Å². The van der Waals surface area contributed by atoms with Crippen LogP contribution in [0.1, 0.15) is 29.7 Å². The minimum absolute atomic E-state index is 0.534. The van der Waals surface area contributed by atoms with E-state index in [1.807, 2.05) is 35.9 Å². The van der Waals surface area contributed by atoms with Gasteiger partial charge in [0.2, 0.25) is 0 Å². The van der Waals surface area contributed by atoms with Gasteiger partial charge in [-0.1, -0.05) is 0 Å². The van der Waals surface area contributed by atoms with E-state index in [0.29, 0.717) is 6.54 Å². The molecule has 2 N–H and O–H groups in total. The summed E-state index contributed by atoms with van der Waals surface area (Å²) >= 11 is 0. The van der Waals surface area contributed by atoms with Crippen LogP contribution in [0.4, 0.5) is 0 Å². The highest BCUT2D eigenvalue weighted by Gasteiger charge is 2.20. The van der Waals surface area contributed by atoms with E-state index in [0.717, 1.165) is 49.8 Å². The van der Waals surface area contributed by atoms with Crippen LogP contribution in [0.3, 0.4) is 0 Å². The number of fused-ring (bicyclic) bond motifs is 1. The number of imidazole rings is 1. The highest BCUT2D eigenvalue weighted by atomic mass is 16.3. The molecule has 7 heteroatoms. The second kappa shape index (κ2) is 6.60. The number of aromatic amines is 1. The van der Waals surface area contributed by atoms with Crippen LogP contribution in [0.25, 0.3) is 0 Å². The largest absolute Gasteiger partial charge is 0.385 e. The van der Waals surface area contributed by atoms with Gasteiger partial charge in [-0.3, -0.25) is 9.58 Å². The summed E-state index contributed by atoms with van der Waals surface area (Å²) in [6.45, 7) is 4.17. The lowest BCUT2D eigenvalue weighted by atomic mass is 10.2. The molecule has 22 heavy (non-hydrogen) atoms. The van der Waals surface area contributed by atoms with E-state index < -0.39 is 6.10 Å². The molecular weight excluding hydrogens is 280 g/mol. The van der Waals surface area contributed by atoms with Gasteiger partial charge in [-0.15, -0.1) is 0 Å². The molecule has 0 amide bonds. The Balaban J connectivity index is 1.71. The first-order chi connectivity index (χ1) is 10.6. The van der Waals surface area contributed by atoms with Crippen LogP contribution >= 0.6 is 0 Å². The van der Waals surface area contributed by atoms with E-state index >= 15 is 0 Å². The number of rotatable bonds is 5. The lowest BCUT2D eigenvalue weighted by Crippen LogP contribution is -2.23. The first kappa shape index (κ1) is 15.2. The van der Waals surface area contributed by atoms with E-state index in [2.05, 4.69) is 20.0 Å². The van der Waals surface area contributed by atoms with Gasteiger partial charge in [-0.25, -0.2) is 4.98 Å². The summed E-state index contributed by atoms with van der Waals surface area (Å²) in [5, 5.41) is 14.8. The van der Waals surface area contributed by atoms with E-state index in [1.54, 1.807) is 6.20 Å². The van der Waals surface area contributed by atoms with Gasteiger partial charge in [-0.05, 0) is 26.6 Å². The normalized spacial score (nSPS) is 17.5. The molecule has 0 bridgehead atoms. The standard InChI is InChI=1S/C15H24N6O/c1-19(2)10-14(22)13-8-12-9-20(6-3-7-21(12)18-13)11-15-16-4-5-17-15/h4-5,8,14,22H,3,6-7,9-11H2,1-2H3,(H,16,17)/t14-/m0/s1. The lowest BCUT2D eigenvalue weighted by Gasteiger charge is -2.17. The molecule has 0 aromatic carbocycles. The molecule has 0 spiro atoms. The molecule has 3 heterocycles. The Morgan fingerprint density at radius 3 is 3.00 bits per heavy atom. The smallest absolute Gasteiger partial charge is 0.120 e. The van der Waals surface area contributed by atoms with Crippen molar-refractivity contribution in [2.75, 3.05) is 27.2 Å². The Labute approximate surface area is 130 Å². The fraction of sp³-hybridized carbons (Fsp3) is 0.600. The van der Waals surface area contributed by atoms with Crippen molar-refractivity contribution in [3.63, 3.8) is 0 Å². The fourth-order valence-corrected chi connectivity index (χ4v) is 2.88. The number of aliphatic hydroxyl groups is 1. The number of hydrogen-bond donors (Lipinski definition) is 2. The first-order valence-corrected chi connectivity index (χ1v) is 7.72. The van der Waals surface area contributed by atoms with Crippen LogP contribution < -0.4 is 0 Å². The van der Waals surface area contributed by atoms with Gasteiger partial charge >= 0.3 is 0 Å². The van der Waals surface area contributed by atoms with Crippen LogP contribution in [0.5, 0.6) is 0 Å². The van der Waals surface area contributed by atoms with Gasteiger partial charge in [0.15, 0.2) is 0 Å². The molecule has 7 nitrogen and oxygen atoms in total. The molecule has 0 fully saturated rings. The molecule has 1 atom stereocenters. The third kappa shape index (κ3) is 3.55. The van der Waals surface area contributed by atoms with Crippen LogP contribution in [0.15, 0.2) is 18.5 Å². The van der Waals surface area contributed by atoms with Crippen molar-refractivity contribution >= 4 is 0 Å². The lowest BCUT2D eigenvalue weighted by molar-refractivity contribution is 0.133. The predicted octanol–water partition coefficient (Wildman–Crippen LogP) is 0.607. The maximum absolute atomic E-state index is 10.2. The highest BCUT2D eigenvalue weighted by Crippen LogP contribution is 2.19. The van der Waals surface area contributed by atoms with E-state index in [-0.39, 0.29) is 0 Å². The van der Waals surface area contributed by atoms with E-state index in [9.17, 15) is 5.11 Å². The van der Waals surface area contributed by atoms with Crippen LogP contribution in [0, 0.1) is 0 Å². The molecule has 2 aromatic heterocycles. The summed E-state index contributed by atoms with van der Waals surface area (Å²) in [4.78, 5) is 11.8. The Hall–Kier alpha value is -1.70. The predicted molar refractivity (Wildman–Crippen MR) is 83.1 cm³/mol. The van der Waals surface area contributed by atoms with E-state index in [1.165, 1.54) is 0 Å². The van der Waals surface area contributed by atoms with Gasteiger partial charge < -0.3 is 15.0 Å². The summed E-state index contributed by atoms with van der Waals surface area (Å²) in [6.07, 6.45) is 4.16. The molecule has 0 saturated heterocycles. The molecule has 0 unspecified atom stereocenters. The fourth-order valence-electron chi connectivity index (χ4n) is 2.88. The highest BCUT2D eigenvalue weighted by molar-refractivity contribution is 5.14. The molecule has 0 radical (unpaired) electrons. The molecular formula is C15H24N6O. The molecule has 0 saturated carbocycles.